The second kappa shape index (κ2) is 5.87. The maximum atomic E-state index is 13.1. The van der Waals surface area contributed by atoms with Crippen LogP contribution >= 0.6 is 12.2 Å². The number of piperidine rings is 1. The number of anilines is 2. The number of hydrogen-bond donors (Lipinski definition) is 2. The van der Waals surface area contributed by atoms with E-state index in [2.05, 4.69) is 17.5 Å². The lowest BCUT2D eigenvalue weighted by Gasteiger charge is -2.29. The Hall–Kier alpha value is -1.50. The molecule has 0 saturated carbocycles. The Morgan fingerprint density at radius 1 is 1.20 bits per heavy atom. The van der Waals surface area contributed by atoms with Crippen LogP contribution in [0.2, 0.25) is 0 Å². The molecule has 0 bridgehead atoms. The Kier molecular flexibility index (Phi) is 4.37. The maximum absolute atomic E-state index is 13.1. The third-order valence-corrected chi connectivity index (χ3v) is 3.39. The van der Waals surface area contributed by atoms with Gasteiger partial charge in [-0.15, -0.1) is 0 Å². The first kappa shape index (κ1) is 14.9. The van der Waals surface area contributed by atoms with Crippen molar-refractivity contribution in [3.63, 3.8) is 0 Å². The van der Waals surface area contributed by atoms with Gasteiger partial charge in [0.05, 0.1) is 11.3 Å². The highest BCUT2D eigenvalue weighted by Gasteiger charge is 2.34. The number of rotatable bonds is 2. The molecule has 1 saturated heterocycles. The van der Waals surface area contributed by atoms with Gasteiger partial charge >= 0.3 is 6.18 Å². The lowest BCUT2D eigenvalue weighted by molar-refractivity contribution is -0.136. The van der Waals surface area contributed by atoms with E-state index in [0.717, 1.165) is 38.4 Å². The van der Waals surface area contributed by atoms with Crippen molar-refractivity contribution in [1.82, 2.24) is 0 Å². The summed E-state index contributed by atoms with van der Waals surface area (Å²) in [6.07, 6.45) is -1.30. The van der Waals surface area contributed by atoms with Crippen molar-refractivity contribution in [3.8, 4) is 0 Å². The fourth-order valence-electron chi connectivity index (χ4n) is 2.36. The molecule has 0 spiro atoms. The predicted molar refractivity (Wildman–Crippen MR) is 77.9 cm³/mol. The van der Waals surface area contributed by atoms with E-state index in [9.17, 15) is 13.2 Å². The van der Waals surface area contributed by atoms with E-state index in [1.54, 1.807) is 6.07 Å². The lowest BCUT2D eigenvalue weighted by atomic mass is 10.1. The highest BCUT2D eigenvalue weighted by atomic mass is 32.1. The average molecular weight is 303 g/mol. The van der Waals surface area contributed by atoms with Gasteiger partial charge in [0.1, 0.15) is 0 Å². The summed E-state index contributed by atoms with van der Waals surface area (Å²) in [6.45, 7) is 1.58. The maximum Gasteiger partial charge on any atom is 0.418 e. The number of hydrogen-bond acceptors (Lipinski definition) is 2. The highest BCUT2D eigenvalue weighted by Crippen LogP contribution is 2.37. The number of thiocarbonyl (C=S) groups is 1. The molecule has 1 fully saturated rings. The summed E-state index contributed by atoms with van der Waals surface area (Å²) in [7, 11) is 0. The molecule has 1 aromatic carbocycles. The standard InChI is InChI=1S/C13H16F3N3S/c14-13(15,16)10-8-9(19-6-2-1-3-7-19)4-5-11(10)18-12(17)20/h4-5,8H,1-3,6-7H2,(H3,17,18,20). The lowest BCUT2D eigenvalue weighted by Crippen LogP contribution is -2.30. The van der Waals surface area contributed by atoms with Gasteiger partial charge < -0.3 is 16.0 Å². The first-order chi connectivity index (χ1) is 9.38. The van der Waals surface area contributed by atoms with E-state index >= 15 is 0 Å². The fourth-order valence-corrected chi connectivity index (χ4v) is 2.47. The van der Waals surface area contributed by atoms with Crippen molar-refractivity contribution in [2.24, 2.45) is 5.73 Å². The van der Waals surface area contributed by atoms with Crippen molar-refractivity contribution in [2.75, 3.05) is 23.3 Å². The van der Waals surface area contributed by atoms with Crippen LogP contribution in [-0.4, -0.2) is 18.2 Å². The van der Waals surface area contributed by atoms with Crippen LogP contribution in [0, 0.1) is 0 Å². The zero-order valence-electron chi connectivity index (χ0n) is 10.8. The van der Waals surface area contributed by atoms with E-state index in [-0.39, 0.29) is 10.8 Å². The second-order valence-electron chi connectivity index (χ2n) is 4.76. The van der Waals surface area contributed by atoms with Gasteiger partial charge in [-0.05, 0) is 49.7 Å². The largest absolute Gasteiger partial charge is 0.418 e. The zero-order valence-corrected chi connectivity index (χ0v) is 11.7. The molecule has 1 heterocycles. The third kappa shape index (κ3) is 3.53. The van der Waals surface area contributed by atoms with E-state index in [0.29, 0.717) is 5.69 Å². The number of nitrogens with one attached hydrogen (secondary N) is 1. The smallest absolute Gasteiger partial charge is 0.376 e. The summed E-state index contributed by atoms with van der Waals surface area (Å²) >= 11 is 4.61. The normalized spacial score (nSPS) is 16.1. The molecular formula is C13H16F3N3S. The minimum Gasteiger partial charge on any atom is -0.376 e. The van der Waals surface area contributed by atoms with Crippen molar-refractivity contribution < 1.29 is 13.2 Å². The Morgan fingerprint density at radius 3 is 2.40 bits per heavy atom. The van der Waals surface area contributed by atoms with Gasteiger partial charge in [-0.25, -0.2) is 0 Å². The van der Waals surface area contributed by atoms with Crippen LogP contribution in [0.1, 0.15) is 24.8 Å². The molecule has 0 atom stereocenters. The van der Waals surface area contributed by atoms with Gasteiger partial charge in [-0.2, -0.15) is 13.2 Å². The van der Waals surface area contributed by atoms with Crippen LogP contribution in [0.4, 0.5) is 24.5 Å². The molecule has 0 unspecified atom stereocenters. The monoisotopic (exact) mass is 303 g/mol. The third-order valence-electron chi connectivity index (χ3n) is 3.29. The summed E-state index contributed by atoms with van der Waals surface area (Å²) in [4.78, 5) is 1.98. The summed E-state index contributed by atoms with van der Waals surface area (Å²) in [5.74, 6) is 0. The fraction of sp³-hybridized carbons (Fsp3) is 0.462. The van der Waals surface area contributed by atoms with Gasteiger partial charge in [0.25, 0.3) is 0 Å². The minimum absolute atomic E-state index is 0.106. The second-order valence-corrected chi connectivity index (χ2v) is 5.20. The first-order valence-corrected chi connectivity index (χ1v) is 6.81. The van der Waals surface area contributed by atoms with Gasteiger partial charge in [0.2, 0.25) is 0 Å². The van der Waals surface area contributed by atoms with Crippen LogP contribution in [0.15, 0.2) is 18.2 Å². The Labute approximate surface area is 120 Å². The van der Waals surface area contributed by atoms with Crippen molar-refractivity contribution in [2.45, 2.75) is 25.4 Å². The van der Waals surface area contributed by atoms with Crippen molar-refractivity contribution in [3.05, 3.63) is 23.8 Å². The molecule has 0 amide bonds. The molecule has 0 aliphatic carbocycles. The molecule has 0 radical (unpaired) electrons. The summed E-state index contributed by atoms with van der Waals surface area (Å²) in [5.41, 5.74) is 5.00. The zero-order chi connectivity index (χ0) is 14.8. The molecule has 0 aromatic heterocycles. The molecule has 20 heavy (non-hydrogen) atoms. The Balaban J connectivity index is 2.34. The van der Waals surface area contributed by atoms with Crippen LogP contribution in [0.5, 0.6) is 0 Å². The Morgan fingerprint density at radius 2 is 1.85 bits per heavy atom. The molecular weight excluding hydrogens is 287 g/mol. The van der Waals surface area contributed by atoms with Crippen LogP contribution in [0.25, 0.3) is 0 Å². The first-order valence-electron chi connectivity index (χ1n) is 6.40. The van der Waals surface area contributed by atoms with Crippen LogP contribution < -0.4 is 16.0 Å². The van der Waals surface area contributed by atoms with E-state index in [1.807, 2.05) is 4.90 Å². The van der Waals surface area contributed by atoms with Crippen LogP contribution in [0.3, 0.4) is 0 Å². The summed E-state index contributed by atoms with van der Waals surface area (Å²) < 4.78 is 39.3. The molecule has 1 aliphatic rings. The molecule has 1 aromatic rings. The van der Waals surface area contributed by atoms with E-state index in [1.165, 1.54) is 6.07 Å². The molecule has 7 heteroatoms. The SMILES string of the molecule is NC(=S)Nc1ccc(N2CCCCC2)cc1C(F)(F)F. The highest BCUT2D eigenvalue weighted by molar-refractivity contribution is 7.80. The molecule has 1 aliphatic heterocycles. The number of halogens is 3. The van der Waals surface area contributed by atoms with Gasteiger partial charge in [0.15, 0.2) is 5.11 Å². The van der Waals surface area contributed by atoms with Gasteiger partial charge in [-0.1, -0.05) is 0 Å². The number of alkyl halides is 3. The minimum atomic E-state index is -4.45. The molecule has 3 N–H and O–H groups in total. The van der Waals surface area contributed by atoms with Gasteiger partial charge in [0, 0.05) is 18.8 Å². The predicted octanol–water partition coefficient (Wildman–Crippen LogP) is 3.35. The molecule has 2 rings (SSSR count). The Bertz CT molecular complexity index is 496. The van der Waals surface area contributed by atoms with E-state index in [4.69, 9.17) is 5.73 Å². The average Bonchev–Trinajstić information content (AvgIpc) is 2.38. The number of nitrogens with zero attached hydrogens (tertiary/aromatic N) is 1. The molecule has 3 nitrogen and oxygen atoms in total. The number of nitrogens with two attached hydrogens (primary N) is 1. The van der Waals surface area contributed by atoms with Crippen molar-refractivity contribution >= 4 is 28.7 Å². The molecule has 110 valence electrons. The quantitative estimate of drug-likeness (QED) is 0.822. The van der Waals surface area contributed by atoms with Crippen LogP contribution in [-0.2, 0) is 6.18 Å². The van der Waals surface area contributed by atoms with Crippen molar-refractivity contribution in [1.29, 1.82) is 0 Å². The summed E-state index contributed by atoms with van der Waals surface area (Å²) in [5, 5.41) is 2.20. The topological polar surface area (TPSA) is 41.3 Å². The van der Waals surface area contributed by atoms with E-state index < -0.39 is 11.7 Å². The summed E-state index contributed by atoms with van der Waals surface area (Å²) in [6, 6.07) is 4.21. The van der Waals surface area contributed by atoms with Gasteiger partial charge in [-0.3, -0.25) is 0 Å². The number of benzene rings is 1.